The van der Waals surface area contributed by atoms with E-state index in [0.717, 1.165) is 6.42 Å². The van der Waals surface area contributed by atoms with E-state index in [-0.39, 0.29) is 12.6 Å². The molecule has 0 aliphatic heterocycles. The minimum Gasteiger partial charge on any atom is -0.395 e. The molecule has 2 unspecified atom stereocenters. The molecule has 2 atom stereocenters. The summed E-state index contributed by atoms with van der Waals surface area (Å²) in [4.78, 5) is 0. The Morgan fingerprint density at radius 1 is 1.73 bits per heavy atom. The predicted octanol–water partition coefficient (Wildman–Crippen LogP) is 0.816. The molecule has 0 radical (unpaired) electrons. The highest BCUT2D eigenvalue weighted by Crippen LogP contribution is 2.36. The highest BCUT2D eigenvalue weighted by molar-refractivity contribution is 7.56. The van der Waals surface area contributed by atoms with Crippen molar-refractivity contribution in [2.75, 3.05) is 20.4 Å². The van der Waals surface area contributed by atoms with Crippen molar-refractivity contribution < 1.29 is 14.2 Å². The van der Waals surface area contributed by atoms with E-state index in [1.165, 1.54) is 13.8 Å². The van der Waals surface area contributed by atoms with Crippen molar-refractivity contribution in [3.05, 3.63) is 0 Å². The Morgan fingerprint density at radius 2 is 2.27 bits per heavy atom. The van der Waals surface area contributed by atoms with Crippen LogP contribution in [0.15, 0.2) is 0 Å². The van der Waals surface area contributed by atoms with Crippen LogP contribution < -0.4 is 5.09 Å². The van der Waals surface area contributed by atoms with Crippen LogP contribution >= 0.6 is 7.52 Å². The zero-order valence-corrected chi connectivity index (χ0v) is 8.10. The maximum atomic E-state index is 11.3. The normalized spacial score (nSPS) is 19.3. The lowest BCUT2D eigenvalue weighted by Gasteiger charge is -2.18. The summed E-state index contributed by atoms with van der Waals surface area (Å²) in [5, 5.41) is 11.5. The molecule has 0 spiro atoms. The zero-order chi connectivity index (χ0) is 8.91. The molecule has 5 heteroatoms. The molecular weight excluding hydrogens is 165 g/mol. The van der Waals surface area contributed by atoms with Crippen LogP contribution in [0.5, 0.6) is 0 Å². The number of nitrogens with one attached hydrogen (secondary N) is 1. The Hall–Kier alpha value is 0.110. The number of hydrogen-bond acceptors (Lipinski definition) is 3. The lowest BCUT2D eigenvalue weighted by molar-refractivity contribution is 0.248. The lowest BCUT2D eigenvalue weighted by atomic mass is 10.3. The van der Waals surface area contributed by atoms with Gasteiger partial charge >= 0.3 is 0 Å². The minimum absolute atomic E-state index is 0.0162. The molecule has 0 aromatic carbocycles. The fourth-order valence-electron chi connectivity index (χ4n) is 0.646. The third-order valence-electron chi connectivity index (χ3n) is 1.48. The summed E-state index contributed by atoms with van der Waals surface area (Å²) in [6, 6.07) is -0.134. The molecule has 0 aromatic heterocycles. The van der Waals surface area contributed by atoms with E-state index in [9.17, 15) is 4.57 Å². The molecule has 0 bridgehead atoms. The van der Waals surface area contributed by atoms with Gasteiger partial charge < -0.3 is 9.63 Å². The predicted molar refractivity (Wildman–Crippen MR) is 44.8 cm³/mol. The van der Waals surface area contributed by atoms with Crippen molar-refractivity contribution in [1.29, 1.82) is 0 Å². The van der Waals surface area contributed by atoms with Gasteiger partial charge in [-0.2, -0.15) is 0 Å². The van der Waals surface area contributed by atoms with Crippen LogP contribution in [0.2, 0.25) is 0 Å². The van der Waals surface area contributed by atoms with Gasteiger partial charge in [0.2, 0.25) is 0 Å². The Kier molecular flexibility index (Phi) is 4.93. The molecule has 0 saturated heterocycles. The number of aliphatic hydroxyl groups is 1. The van der Waals surface area contributed by atoms with E-state index < -0.39 is 7.52 Å². The van der Waals surface area contributed by atoms with E-state index >= 15 is 0 Å². The minimum atomic E-state index is -2.67. The van der Waals surface area contributed by atoms with Crippen LogP contribution in [-0.4, -0.2) is 31.5 Å². The van der Waals surface area contributed by atoms with Crippen molar-refractivity contribution in [1.82, 2.24) is 5.09 Å². The lowest BCUT2D eigenvalue weighted by Crippen LogP contribution is -2.29. The van der Waals surface area contributed by atoms with Crippen molar-refractivity contribution in [3.63, 3.8) is 0 Å². The third kappa shape index (κ3) is 4.53. The molecule has 0 rings (SSSR count). The van der Waals surface area contributed by atoms with Crippen LogP contribution in [0.25, 0.3) is 0 Å². The van der Waals surface area contributed by atoms with Gasteiger partial charge in [0.25, 0.3) is 7.52 Å². The summed E-state index contributed by atoms with van der Waals surface area (Å²) in [5.41, 5.74) is 0. The van der Waals surface area contributed by atoms with Gasteiger partial charge in [-0.15, -0.1) is 0 Å². The quantitative estimate of drug-likeness (QED) is 0.616. The van der Waals surface area contributed by atoms with E-state index in [1.54, 1.807) is 0 Å². The standard InChI is InChI=1S/C6H16NO3P/c1-4-6(5-8)7-11(3,9)10-2/h6,8H,4-5H2,1-3H3,(H,7,9). The Balaban J connectivity index is 3.90. The largest absolute Gasteiger partial charge is 0.395 e. The Morgan fingerprint density at radius 3 is 2.55 bits per heavy atom. The second-order valence-electron chi connectivity index (χ2n) is 2.45. The van der Waals surface area contributed by atoms with Crippen LogP contribution in [0.4, 0.5) is 0 Å². The summed E-state index contributed by atoms with van der Waals surface area (Å²) in [6.07, 6.45) is 0.734. The van der Waals surface area contributed by atoms with Gasteiger partial charge in [-0.05, 0) is 6.42 Å². The number of hydrogen-bond donors (Lipinski definition) is 2. The fraction of sp³-hybridized carbons (Fsp3) is 1.00. The first kappa shape index (κ1) is 11.1. The molecule has 0 aliphatic carbocycles. The molecule has 0 saturated carbocycles. The molecule has 11 heavy (non-hydrogen) atoms. The van der Waals surface area contributed by atoms with Gasteiger partial charge in [0.05, 0.1) is 6.61 Å². The molecular formula is C6H16NO3P. The smallest absolute Gasteiger partial charge is 0.266 e. The van der Waals surface area contributed by atoms with Crippen molar-refractivity contribution in [3.8, 4) is 0 Å². The third-order valence-corrected chi connectivity index (χ3v) is 3.01. The second kappa shape index (κ2) is 4.88. The first-order valence-electron chi connectivity index (χ1n) is 3.57. The molecule has 0 aromatic rings. The summed E-state index contributed by atoms with van der Waals surface area (Å²) >= 11 is 0. The average molecular weight is 181 g/mol. The van der Waals surface area contributed by atoms with E-state index in [1.807, 2.05) is 6.92 Å². The van der Waals surface area contributed by atoms with Gasteiger partial charge in [-0.25, -0.2) is 5.09 Å². The Bertz CT molecular complexity index is 147. The zero-order valence-electron chi connectivity index (χ0n) is 7.20. The molecule has 0 aliphatic rings. The van der Waals surface area contributed by atoms with Crippen LogP contribution in [-0.2, 0) is 9.09 Å². The van der Waals surface area contributed by atoms with Gasteiger partial charge in [0.15, 0.2) is 0 Å². The summed E-state index contributed by atoms with van der Waals surface area (Å²) in [5.74, 6) is 0. The molecule has 0 amide bonds. The summed E-state index contributed by atoms with van der Waals surface area (Å²) in [6.45, 7) is 3.38. The molecule has 4 nitrogen and oxygen atoms in total. The maximum Gasteiger partial charge on any atom is 0.266 e. The molecule has 0 fully saturated rings. The fourth-order valence-corrected chi connectivity index (χ4v) is 1.68. The highest BCUT2D eigenvalue weighted by Gasteiger charge is 2.17. The first-order chi connectivity index (χ1) is 5.05. The van der Waals surface area contributed by atoms with Gasteiger partial charge in [0.1, 0.15) is 0 Å². The van der Waals surface area contributed by atoms with Gasteiger partial charge in [0, 0.05) is 19.8 Å². The topological polar surface area (TPSA) is 58.6 Å². The van der Waals surface area contributed by atoms with Crippen molar-refractivity contribution >= 4 is 7.52 Å². The van der Waals surface area contributed by atoms with E-state index in [2.05, 4.69) is 5.09 Å². The van der Waals surface area contributed by atoms with Crippen molar-refractivity contribution in [2.24, 2.45) is 0 Å². The van der Waals surface area contributed by atoms with Crippen LogP contribution in [0.3, 0.4) is 0 Å². The SMILES string of the molecule is CCC(CO)NP(C)(=O)OC. The van der Waals surface area contributed by atoms with Gasteiger partial charge in [-0.1, -0.05) is 6.92 Å². The number of rotatable bonds is 5. The molecule has 2 N–H and O–H groups in total. The highest BCUT2D eigenvalue weighted by atomic mass is 31.2. The first-order valence-corrected chi connectivity index (χ1v) is 5.64. The van der Waals surface area contributed by atoms with Crippen LogP contribution in [0.1, 0.15) is 13.3 Å². The van der Waals surface area contributed by atoms with E-state index in [0.29, 0.717) is 0 Å². The summed E-state index contributed by atoms with van der Waals surface area (Å²) < 4.78 is 16.0. The monoisotopic (exact) mass is 181 g/mol. The van der Waals surface area contributed by atoms with Crippen LogP contribution in [0, 0.1) is 0 Å². The molecule has 0 heterocycles. The Labute approximate surface area is 67.5 Å². The average Bonchev–Trinajstić information content (AvgIpc) is 2.00. The number of aliphatic hydroxyl groups excluding tert-OH is 1. The van der Waals surface area contributed by atoms with Crippen molar-refractivity contribution in [2.45, 2.75) is 19.4 Å². The van der Waals surface area contributed by atoms with Gasteiger partial charge in [-0.3, -0.25) is 4.57 Å². The van der Waals surface area contributed by atoms with E-state index in [4.69, 9.17) is 9.63 Å². The summed E-state index contributed by atoms with van der Waals surface area (Å²) in [7, 11) is -1.29. The molecule has 68 valence electrons. The second-order valence-corrected chi connectivity index (χ2v) is 4.76. The maximum absolute atomic E-state index is 11.3.